The molecule has 5 aromatic rings. The summed E-state index contributed by atoms with van der Waals surface area (Å²) in [7, 11) is 0. The monoisotopic (exact) mass is 651 g/mol. The van der Waals surface area contributed by atoms with Crippen molar-refractivity contribution in [3.63, 3.8) is 0 Å². The van der Waals surface area contributed by atoms with E-state index in [1.807, 2.05) is 49.4 Å². The fourth-order valence-corrected chi connectivity index (χ4v) is 7.27. The molecule has 46 heavy (non-hydrogen) atoms. The number of aromatic nitrogens is 2. The minimum absolute atomic E-state index is 0.0278. The van der Waals surface area contributed by atoms with Crippen molar-refractivity contribution in [2.24, 2.45) is 0 Å². The zero-order valence-corrected chi connectivity index (χ0v) is 27.1. The highest BCUT2D eigenvalue weighted by Gasteiger charge is 2.48. The second-order valence-electron chi connectivity index (χ2n) is 10.7. The van der Waals surface area contributed by atoms with E-state index in [2.05, 4.69) is 41.4 Å². The summed E-state index contributed by atoms with van der Waals surface area (Å²) < 4.78 is 12.2. The molecule has 1 amide bonds. The van der Waals surface area contributed by atoms with Crippen LogP contribution in [-0.2, 0) is 15.3 Å². The lowest BCUT2D eigenvalue weighted by molar-refractivity contribution is -0.132. The molecule has 1 fully saturated rings. The third-order valence-corrected chi connectivity index (χ3v) is 9.76. The molecule has 0 bridgehead atoms. The van der Waals surface area contributed by atoms with Gasteiger partial charge in [0, 0.05) is 11.3 Å². The van der Waals surface area contributed by atoms with Crippen molar-refractivity contribution in [1.82, 2.24) is 10.2 Å². The van der Waals surface area contributed by atoms with Gasteiger partial charge in [-0.25, -0.2) is 0 Å². The van der Waals surface area contributed by atoms with Crippen LogP contribution >= 0.6 is 23.1 Å². The van der Waals surface area contributed by atoms with Crippen molar-refractivity contribution in [2.75, 3.05) is 18.1 Å². The molecule has 10 heteroatoms. The molecule has 0 radical (unpaired) electrons. The molecule has 1 saturated heterocycles. The van der Waals surface area contributed by atoms with E-state index >= 15 is 0 Å². The molecule has 0 aliphatic carbocycles. The van der Waals surface area contributed by atoms with Gasteiger partial charge < -0.3 is 14.6 Å². The lowest BCUT2D eigenvalue weighted by Crippen LogP contribution is -2.29. The number of carbonyl (C=O) groups is 2. The summed E-state index contributed by atoms with van der Waals surface area (Å²) in [6.07, 6.45) is 1.88. The number of Topliss-reactive ketones (excluding diaryl/α,β-unsaturated/α-hetero) is 1. The summed E-state index contributed by atoms with van der Waals surface area (Å²) in [5, 5.41) is 22.9. The maximum absolute atomic E-state index is 13.7. The van der Waals surface area contributed by atoms with Crippen LogP contribution in [0.5, 0.6) is 11.5 Å². The number of carbonyl (C=O) groups excluding carboxylic acids is 2. The first kappa shape index (κ1) is 31.3. The average Bonchev–Trinajstić information content (AvgIpc) is 3.65. The van der Waals surface area contributed by atoms with Crippen LogP contribution in [0.1, 0.15) is 49.4 Å². The van der Waals surface area contributed by atoms with Gasteiger partial charge in [-0.3, -0.25) is 14.5 Å². The highest BCUT2D eigenvalue weighted by molar-refractivity contribution is 8.00. The molecule has 6 rings (SSSR count). The molecule has 1 aliphatic heterocycles. The van der Waals surface area contributed by atoms with E-state index in [-0.39, 0.29) is 16.5 Å². The van der Waals surface area contributed by atoms with E-state index in [0.717, 1.165) is 23.8 Å². The van der Waals surface area contributed by atoms with Crippen LogP contribution in [0.25, 0.3) is 16.5 Å². The molecule has 234 valence electrons. The number of thioether (sulfide) groups is 1. The van der Waals surface area contributed by atoms with Crippen LogP contribution in [0.15, 0.2) is 101 Å². The van der Waals surface area contributed by atoms with Crippen LogP contribution in [0, 0.1) is 0 Å². The Morgan fingerprint density at radius 3 is 2.50 bits per heavy atom. The van der Waals surface area contributed by atoms with Crippen molar-refractivity contribution in [1.29, 1.82) is 0 Å². The normalized spacial score (nSPS) is 15.9. The molecule has 0 spiro atoms. The first-order chi connectivity index (χ1) is 22.5. The molecule has 1 atom stereocenters. The van der Waals surface area contributed by atoms with Crippen molar-refractivity contribution < 1.29 is 24.2 Å². The number of nitrogens with zero attached hydrogens (tertiary/aromatic N) is 3. The number of amides is 1. The molecular weight excluding hydrogens is 619 g/mol. The molecule has 1 aromatic heterocycles. The fraction of sp³-hybridized carbons (Fsp3) is 0.222. The quantitative estimate of drug-likeness (QED) is 0.0360. The minimum atomic E-state index is -0.940. The molecule has 1 N–H and O–H groups in total. The van der Waals surface area contributed by atoms with Crippen molar-refractivity contribution >= 4 is 56.5 Å². The Balaban J connectivity index is 1.36. The Bertz CT molecular complexity index is 1900. The van der Waals surface area contributed by atoms with E-state index in [4.69, 9.17) is 9.47 Å². The van der Waals surface area contributed by atoms with E-state index in [0.29, 0.717) is 45.9 Å². The number of anilines is 1. The van der Waals surface area contributed by atoms with Crippen molar-refractivity contribution in [3.05, 3.63) is 113 Å². The van der Waals surface area contributed by atoms with Gasteiger partial charge in [-0.15, -0.1) is 10.2 Å². The Kier molecular flexibility index (Phi) is 9.65. The number of benzene rings is 4. The first-order valence-electron chi connectivity index (χ1n) is 15.2. The predicted octanol–water partition coefficient (Wildman–Crippen LogP) is 8.19. The number of hydrogen-bond donors (Lipinski definition) is 1. The Morgan fingerprint density at radius 1 is 0.913 bits per heavy atom. The van der Waals surface area contributed by atoms with Gasteiger partial charge in [0.05, 0.1) is 24.8 Å². The molecule has 1 aliphatic rings. The van der Waals surface area contributed by atoms with Gasteiger partial charge in [-0.1, -0.05) is 91.0 Å². The molecule has 8 nitrogen and oxygen atoms in total. The highest BCUT2D eigenvalue weighted by Crippen LogP contribution is 2.45. The van der Waals surface area contributed by atoms with Gasteiger partial charge in [0.2, 0.25) is 5.13 Å². The number of unbranched alkanes of at least 4 members (excludes halogenated alkanes) is 1. The molecule has 4 aromatic carbocycles. The third kappa shape index (κ3) is 6.49. The van der Waals surface area contributed by atoms with Crippen molar-refractivity contribution in [2.45, 2.75) is 42.8 Å². The zero-order chi connectivity index (χ0) is 32.0. The van der Waals surface area contributed by atoms with Gasteiger partial charge in [0.15, 0.2) is 4.34 Å². The van der Waals surface area contributed by atoms with Gasteiger partial charge in [-0.05, 0) is 71.6 Å². The van der Waals surface area contributed by atoms with Gasteiger partial charge >= 0.3 is 5.91 Å². The number of ketones is 1. The first-order valence-corrected chi connectivity index (χ1v) is 17.0. The van der Waals surface area contributed by atoms with Crippen molar-refractivity contribution in [3.8, 4) is 11.5 Å². The largest absolute Gasteiger partial charge is 0.507 e. The molecule has 0 saturated carbocycles. The zero-order valence-electron chi connectivity index (χ0n) is 25.5. The van der Waals surface area contributed by atoms with E-state index in [1.54, 1.807) is 24.3 Å². The van der Waals surface area contributed by atoms with Gasteiger partial charge in [-0.2, -0.15) is 0 Å². The predicted molar refractivity (Wildman–Crippen MR) is 183 cm³/mol. The number of fused-ring (bicyclic) bond motifs is 1. The topological polar surface area (TPSA) is 102 Å². The van der Waals surface area contributed by atoms with Crippen LogP contribution in [0.3, 0.4) is 0 Å². The number of aliphatic hydroxyl groups excluding tert-OH is 1. The Morgan fingerprint density at radius 2 is 1.70 bits per heavy atom. The number of rotatable bonds is 12. The Hall–Kier alpha value is -4.67. The number of hydrogen-bond acceptors (Lipinski definition) is 9. The summed E-state index contributed by atoms with van der Waals surface area (Å²) in [6.45, 7) is 5.01. The molecule has 1 unspecified atom stereocenters. The second kappa shape index (κ2) is 14.2. The molecule has 2 heterocycles. The van der Waals surface area contributed by atoms with Crippen LogP contribution in [0.4, 0.5) is 5.13 Å². The summed E-state index contributed by atoms with van der Waals surface area (Å²) in [5.41, 5.74) is 2.14. The van der Waals surface area contributed by atoms with E-state index in [9.17, 15) is 14.7 Å². The minimum Gasteiger partial charge on any atom is -0.507 e. The summed E-state index contributed by atoms with van der Waals surface area (Å²) in [6, 6.07) is 27.5. The fourth-order valence-electron chi connectivity index (χ4n) is 5.40. The van der Waals surface area contributed by atoms with Crippen LogP contribution in [0.2, 0.25) is 0 Å². The van der Waals surface area contributed by atoms with Crippen LogP contribution < -0.4 is 14.4 Å². The number of aliphatic hydroxyl groups is 1. The summed E-state index contributed by atoms with van der Waals surface area (Å²) in [4.78, 5) is 28.7. The van der Waals surface area contributed by atoms with Gasteiger partial charge in [0.1, 0.15) is 17.3 Å². The maximum atomic E-state index is 13.7. The van der Waals surface area contributed by atoms with E-state index in [1.165, 1.54) is 33.4 Å². The average molecular weight is 652 g/mol. The highest BCUT2D eigenvalue weighted by atomic mass is 32.2. The lowest BCUT2D eigenvalue weighted by Gasteiger charge is -2.23. The summed E-state index contributed by atoms with van der Waals surface area (Å²) >= 11 is 2.76. The Labute approximate surface area is 275 Å². The SMILES string of the molecule is CCCCOc1cccc(C2/C(=C(\O)c3ccc(OCC)cc3)C(=O)C(=O)N2c2nnc(SCc3cccc4ccccc34)s2)c1. The standard InChI is InChI=1S/C36H33N3O5S2/c1-3-5-20-44-28-14-9-12-25(21-28)31-30(32(40)24-16-18-27(19-17-24)43-4-2)33(41)34(42)39(31)35-37-38-36(46-35)45-22-26-13-8-11-23-10-6-7-15-29(23)26/h6-19,21,31,40H,3-5,20,22H2,1-2H3/b32-30+. The second-order valence-corrected chi connectivity index (χ2v) is 12.9. The third-order valence-electron chi connectivity index (χ3n) is 7.66. The molecular formula is C36H33N3O5S2. The summed E-state index contributed by atoms with van der Waals surface area (Å²) in [5.74, 6) is 0.0517. The van der Waals surface area contributed by atoms with Gasteiger partial charge in [0.25, 0.3) is 5.78 Å². The number of ether oxygens (including phenoxy) is 2. The van der Waals surface area contributed by atoms with Crippen LogP contribution in [-0.4, -0.2) is 40.2 Å². The smallest absolute Gasteiger partial charge is 0.301 e. The lowest BCUT2D eigenvalue weighted by atomic mass is 9.95. The maximum Gasteiger partial charge on any atom is 0.301 e. The van der Waals surface area contributed by atoms with E-state index < -0.39 is 17.7 Å².